The van der Waals surface area contributed by atoms with Gasteiger partial charge in [-0.3, -0.25) is 0 Å². The molecule has 0 amide bonds. The lowest BCUT2D eigenvalue weighted by Gasteiger charge is -2.06. The van der Waals surface area contributed by atoms with E-state index in [2.05, 4.69) is 0 Å². The zero-order valence-electron chi connectivity index (χ0n) is 9.80. The highest BCUT2D eigenvalue weighted by molar-refractivity contribution is 7.45. The summed E-state index contributed by atoms with van der Waals surface area (Å²) in [6.45, 7) is 0. The highest BCUT2D eigenvalue weighted by Crippen LogP contribution is 2.48. The van der Waals surface area contributed by atoms with Crippen molar-refractivity contribution in [2.75, 3.05) is 0 Å². The fourth-order valence-corrected chi connectivity index (χ4v) is 1.50. The first-order valence-electron chi connectivity index (χ1n) is 4.27. The monoisotopic (exact) mass is 442 g/mol. The predicted octanol–water partition coefficient (Wildman–Crippen LogP) is 1.85. The van der Waals surface area contributed by atoms with Crippen LogP contribution in [0.4, 0.5) is 0 Å². The van der Waals surface area contributed by atoms with Crippen LogP contribution in [0.5, 0.6) is 11.5 Å². The van der Waals surface area contributed by atoms with E-state index in [1.54, 1.807) is 0 Å². The van der Waals surface area contributed by atoms with Crippen LogP contribution in [0.15, 0.2) is 0 Å². The van der Waals surface area contributed by atoms with Crippen LogP contribution < -0.4 is 0 Å². The number of aromatic hydroxyl groups is 2. The molecule has 0 bridgehead atoms. The minimum Gasteiger partial charge on any atom is -0.505 e. The first-order chi connectivity index (χ1) is 9.46. The summed E-state index contributed by atoms with van der Waals surface area (Å²) >= 11 is 21.9. The molecule has 0 saturated heterocycles. The van der Waals surface area contributed by atoms with Crippen LogP contribution >= 0.6 is 62.0 Å². The molecule has 1 aromatic rings. The SMILES string of the molecule is O=P(O)(O)O.O=P(O)(O)O.Oc1c(Cl)c(O)c(Cl)c(Cl)c1Cl. The van der Waals surface area contributed by atoms with E-state index in [-0.39, 0.29) is 20.1 Å². The molecular weight excluding hydrogens is 436 g/mol. The minimum absolute atomic E-state index is 0.127. The predicted molar refractivity (Wildman–Crippen MR) is 78.3 cm³/mol. The standard InChI is InChI=1S/C6H2Cl4O2.2H3O4P/c7-1-2(8)5(11)4(10)6(12)3(1)9;2*1-5(2,3)4/h11-12H;2*(H3,1,2,3,4). The van der Waals surface area contributed by atoms with Crippen molar-refractivity contribution < 1.29 is 48.7 Å². The maximum absolute atomic E-state index is 9.13. The van der Waals surface area contributed by atoms with Gasteiger partial charge in [0.15, 0.2) is 11.5 Å². The van der Waals surface area contributed by atoms with Crippen molar-refractivity contribution >= 4 is 62.0 Å². The van der Waals surface area contributed by atoms with Gasteiger partial charge in [-0.1, -0.05) is 46.4 Å². The second-order valence-electron chi connectivity index (χ2n) is 2.98. The van der Waals surface area contributed by atoms with Crippen molar-refractivity contribution in [3.05, 3.63) is 20.1 Å². The number of halogens is 4. The molecule has 1 rings (SSSR count). The summed E-state index contributed by atoms with van der Waals surface area (Å²) in [6, 6.07) is 0. The van der Waals surface area contributed by atoms with Crippen molar-refractivity contribution in [3.8, 4) is 11.5 Å². The van der Waals surface area contributed by atoms with Crippen molar-refractivity contribution in [2.24, 2.45) is 0 Å². The van der Waals surface area contributed by atoms with E-state index in [0.717, 1.165) is 0 Å². The molecule has 0 radical (unpaired) electrons. The maximum atomic E-state index is 9.13. The van der Waals surface area contributed by atoms with E-state index < -0.39 is 27.1 Å². The van der Waals surface area contributed by atoms with Crippen LogP contribution in [0.25, 0.3) is 0 Å². The van der Waals surface area contributed by atoms with E-state index in [9.17, 15) is 0 Å². The van der Waals surface area contributed by atoms with Gasteiger partial charge in [0.1, 0.15) is 15.1 Å². The van der Waals surface area contributed by atoms with E-state index in [1.165, 1.54) is 0 Å². The fraction of sp³-hybridized carbons (Fsp3) is 0. The number of phenolic OH excluding ortho intramolecular Hbond substituents is 2. The molecule has 16 heteroatoms. The zero-order valence-corrected chi connectivity index (χ0v) is 14.6. The Kier molecular flexibility index (Phi) is 10.5. The number of phosphoric acid groups is 2. The molecular formula is C6H8Cl4O10P2. The summed E-state index contributed by atoms with van der Waals surface area (Å²) in [4.78, 5) is 43.1. The Labute approximate surface area is 142 Å². The smallest absolute Gasteiger partial charge is 0.466 e. The Morgan fingerprint density at radius 2 is 0.727 bits per heavy atom. The van der Waals surface area contributed by atoms with Gasteiger partial charge in [-0.15, -0.1) is 0 Å². The highest BCUT2D eigenvalue weighted by Gasteiger charge is 2.18. The van der Waals surface area contributed by atoms with Crippen LogP contribution in [-0.4, -0.2) is 39.6 Å². The number of hydrogen-bond donors (Lipinski definition) is 8. The van der Waals surface area contributed by atoms with Crippen molar-refractivity contribution in [1.82, 2.24) is 0 Å². The topological polar surface area (TPSA) is 196 Å². The van der Waals surface area contributed by atoms with Crippen molar-refractivity contribution in [1.29, 1.82) is 0 Å². The third-order valence-electron chi connectivity index (χ3n) is 1.22. The van der Waals surface area contributed by atoms with E-state index in [4.69, 9.17) is 95.1 Å². The van der Waals surface area contributed by atoms with Crippen LogP contribution in [0.2, 0.25) is 20.1 Å². The molecule has 1 aromatic carbocycles. The van der Waals surface area contributed by atoms with Crippen molar-refractivity contribution in [3.63, 3.8) is 0 Å². The maximum Gasteiger partial charge on any atom is 0.466 e. The lowest BCUT2D eigenvalue weighted by Crippen LogP contribution is -1.78. The molecule has 0 aromatic heterocycles. The van der Waals surface area contributed by atoms with Gasteiger partial charge in [0.05, 0.1) is 5.02 Å². The van der Waals surface area contributed by atoms with Crippen molar-refractivity contribution in [2.45, 2.75) is 0 Å². The molecule has 0 spiro atoms. The molecule has 22 heavy (non-hydrogen) atoms. The number of rotatable bonds is 0. The molecule has 0 saturated carbocycles. The summed E-state index contributed by atoms with van der Waals surface area (Å²) < 4.78 is 17.8. The van der Waals surface area contributed by atoms with Gasteiger partial charge >= 0.3 is 15.6 Å². The summed E-state index contributed by atoms with van der Waals surface area (Å²) in [5.74, 6) is -0.963. The number of benzene rings is 1. The average Bonchev–Trinajstić information content (AvgIpc) is 2.27. The van der Waals surface area contributed by atoms with Gasteiger partial charge in [0.25, 0.3) is 0 Å². The molecule has 0 unspecified atom stereocenters. The van der Waals surface area contributed by atoms with Crippen LogP contribution in [0, 0.1) is 0 Å². The quantitative estimate of drug-likeness (QED) is 0.166. The van der Waals surface area contributed by atoms with E-state index in [1.807, 2.05) is 0 Å². The van der Waals surface area contributed by atoms with Crippen LogP contribution in [0.3, 0.4) is 0 Å². The average molecular weight is 444 g/mol. The molecule has 0 aliphatic rings. The number of hydrogen-bond acceptors (Lipinski definition) is 4. The van der Waals surface area contributed by atoms with E-state index in [0.29, 0.717) is 0 Å². The van der Waals surface area contributed by atoms with Gasteiger partial charge in [0, 0.05) is 0 Å². The Morgan fingerprint density at radius 1 is 0.545 bits per heavy atom. The second kappa shape index (κ2) is 9.48. The highest BCUT2D eigenvalue weighted by atomic mass is 35.5. The Morgan fingerprint density at radius 3 is 0.909 bits per heavy atom. The molecule has 8 N–H and O–H groups in total. The summed E-state index contributed by atoms with van der Waals surface area (Å²) in [6.07, 6.45) is 0. The van der Waals surface area contributed by atoms with Gasteiger partial charge in [-0.2, -0.15) is 0 Å². The number of phenols is 2. The van der Waals surface area contributed by atoms with Gasteiger partial charge in [-0.25, -0.2) is 9.13 Å². The molecule has 10 nitrogen and oxygen atoms in total. The van der Waals surface area contributed by atoms with E-state index >= 15 is 0 Å². The third kappa shape index (κ3) is 12.7. The van der Waals surface area contributed by atoms with Crippen LogP contribution in [-0.2, 0) is 9.13 Å². The molecule has 0 fully saturated rings. The molecule has 130 valence electrons. The summed E-state index contributed by atoms with van der Waals surface area (Å²) in [7, 11) is -9.28. The Hall–Kier alpha value is 0.200. The summed E-state index contributed by atoms with van der Waals surface area (Å²) in [5.41, 5.74) is 0. The summed E-state index contributed by atoms with van der Waals surface area (Å²) in [5, 5.41) is 17.5. The normalized spacial score (nSPS) is 11.0. The third-order valence-corrected chi connectivity index (χ3v) is 2.88. The Bertz CT molecular complexity index is 468. The molecule has 0 aliphatic heterocycles. The van der Waals surface area contributed by atoms with Crippen LogP contribution in [0.1, 0.15) is 0 Å². The molecule has 0 aliphatic carbocycles. The fourth-order valence-electron chi connectivity index (χ4n) is 0.609. The minimum atomic E-state index is -4.64. The zero-order chi connectivity index (χ0) is 18.5. The molecule has 0 heterocycles. The van der Waals surface area contributed by atoms with Gasteiger partial charge in [0.2, 0.25) is 0 Å². The lowest BCUT2D eigenvalue weighted by atomic mass is 10.3. The largest absolute Gasteiger partial charge is 0.505 e. The first-order valence-corrected chi connectivity index (χ1v) is 8.91. The first kappa shape index (κ1) is 24.5. The lowest BCUT2D eigenvalue weighted by molar-refractivity contribution is 0.272. The van der Waals surface area contributed by atoms with Gasteiger partial charge < -0.3 is 39.6 Å². The molecule has 0 atom stereocenters. The van der Waals surface area contributed by atoms with Gasteiger partial charge in [-0.05, 0) is 0 Å². The second-order valence-corrected chi connectivity index (χ2v) is 6.54. The Balaban J connectivity index is 0.